The first-order valence-electron chi connectivity index (χ1n) is 4.25. The fourth-order valence-corrected chi connectivity index (χ4v) is 0.974. The molecule has 0 spiro atoms. The van der Waals surface area contributed by atoms with E-state index in [0.29, 0.717) is 12.3 Å². The molecule has 13 heavy (non-hydrogen) atoms. The van der Waals surface area contributed by atoms with Crippen molar-refractivity contribution in [2.45, 2.75) is 19.9 Å². The molecule has 0 aliphatic heterocycles. The lowest BCUT2D eigenvalue weighted by molar-refractivity contribution is 0.0696. The molecule has 1 heterocycles. The summed E-state index contributed by atoms with van der Waals surface area (Å²) in [6.07, 6.45) is 2.30. The molecule has 0 atom stereocenters. The third-order valence-electron chi connectivity index (χ3n) is 1.63. The Labute approximate surface area is 76.6 Å². The molecule has 0 saturated carbocycles. The summed E-state index contributed by atoms with van der Waals surface area (Å²) >= 11 is 0. The summed E-state index contributed by atoms with van der Waals surface area (Å²) in [5.41, 5.74) is 0.202. The number of aromatic carboxylic acids is 1. The Bertz CT molecular complexity index is 280. The fraction of sp³-hybridized carbons (Fsp3) is 0.444. The molecule has 1 rings (SSSR count). The van der Waals surface area contributed by atoms with Crippen LogP contribution in [0.4, 0.5) is 0 Å². The van der Waals surface area contributed by atoms with E-state index in [1.807, 2.05) is 0 Å². The Morgan fingerprint density at radius 2 is 2.46 bits per heavy atom. The highest BCUT2D eigenvalue weighted by molar-refractivity contribution is 5.87. The highest BCUT2D eigenvalue weighted by atomic mass is 16.4. The third kappa shape index (κ3) is 2.91. The van der Waals surface area contributed by atoms with E-state index in [-0.39, 0.29) is 5.56 Å². The zero-order valence-corrected chi connectivity index (χ0v) is 7.54. The van der Waals surface area contributed by atoms with Crippen molar-refractivity contribution < 1.29 is 14.3 Å². The molecule has 0 bridgehead atoms. The number of carboxylic acid groups (broad SMARTS) is 1. The van der Waals surface area contributed by atoms with Gasteiger partial charge in [0.2, 0.25) is 0 Å². The van der Waals surface area contributed by atoms with Crippen LogP contribution in [0.5, 0.6) is 0 Å². The Balaban J connectivity index is 2.44. The van der Waals surface area contributed by atoms with Crippen molar-refractivity contribution in [3.8, 4) is 0 Å². The summed E-state index contributed by atoms with van der Waals surface area (Å²) < 4.78 is 5.03. The maximum Gasteiger partial charge on any atom is 0.338 e. The lowest BCUT2D eigenvalue weighted by Gasteiger charge is -1.97. The number of nitrogens with one attached hydrogen (secondary N) is 1. The molecule has 2 N–H and O–H groups in total. The van der Waals surface area contributed by atoms with Crippen molar-refractivity contribution in [1.29, 1.82) is 0 Å². The Hall–Kier alpha value is -1.29. The van der Waals surface area contributed by atoms with E-state index in [4.69, 9.17) is 9.52 Å². The summed E-state index contributed by atoms with van der Waals surface area (Å²) in [5, 5.41) is 11.7. The summed E-state index contributed by atoms with van der Waals surface area (Å²) in [7, 11) is 0. The molecule has 0 fully saturated rings. The summed E-state index contributed by atoms with van der Waals surface area (Å²) in [5.74, 6) is -0.295. The first kappa shape index (κ1) is 9.80. The first-order valence-corrected chi connectivity index (χ1v) is 4.25. The van der Waals surface area contributed by atoms with Gasteiger partial charge in [0.05, 0.1) is 12.1 Å². The predicted molar refractivity (Wildman–Crippen MR) is 47.7 cm³/mol. The molecular weight excluding hydrogens is 170 g/mol. The first-order chi connectivity index (χ1) is 6.24. The second-order valence-corrected chi connectivity index (χ2v) is 2.78. The van der Waals surface area contributed by atoms with Crippen LogP contribution in [0.15, 0.2) is 16.7 Å². The molecule has 1 aromatic rings. The average molecular weight is 183 g/mol. The largest absolute Gasteiger partial charge is 0.478 e. The zero-order chi connectivity index (χ0) is 9.68. The van der Waals surface area contributed by atoms with Crippen molar-refractivity contribution in [3.63, 3.8) is 0 Å². The van der Waals surface area contributed by atoms with E-state index in [0.717, 1.165) is 13.0 Å². The van der Waals surface area contributed by atoms with Crippen LogP contribution in [0.1, 0.15) is 29.5 Å². The second-order valence-electron chi connectivity index (χ2n) is 2.78. The molecule has 0 aliphatic carbocycles. The van der Waals surface area contributed by atoms with Crippen LogP contribution in [0.3, 0.4) is 0 Å². The standard InChI is InChI=1S/C9H13NO3/c1-2-3-10-5-8-4-7(6-13-8)9(11)12/h4,6,10H,2-3,5H2,1H3,(H,11,12). The van der Waals surface area contributed by atoms with E-state index < -0.39 is 5.97 Å². The van der Waals surface area contributed by atoms with Gasteiger partial charge in [-0.3, -0.25) is 0 Å². The van der Waals surface area contributed by atoms with Crippen LogP contribution < -0.4 is 5.32 Å². The molecule has 72 valence electrons. The van der Waals surface area contributed by atoms with Crippen LogP contribution in [0, 0.1) is 0 Å². The minimum absolute atomic E-state index is 0.202. The van der Waals surface area contributed by atoms with Crippen molar-refractivity contribution in [2.75, 3.05) is 6.54 Å². The van der Waals surface area contributed by atoms with Gasteiger partial charge in [-0.1, -0.05) is 6.92 Å². The number of carbonyl (C=O) groups is 1. The quantitative estimate of drug-likeness (QED) is 0.679. The van der Waals surface area contributed by atoms with Crippen LogP contribution in [0.2, 0.25) is 0 Å². The van der Waals surface area contributed by atoms with Crippen LogP contribution >= 0.6 is 0 Å². The molecule has 0 amide bonds. The van der Waals surface area contributed by atoms with Gasteiger partial charge in [0.25, 0.3) is 0 Å². The van der Waals surface area contributed by atoms with E-state index in [1.165, 1.54) is 12.3 Å². The van der Waals surface area contributed by atoms with Crippen molar-refractivity contribution in [2.24, 2.45) is 0 Å². The Morgan fingerprint density at radius 3 is 3.00 bits per heavy atom. The normalized spacial score (nSPS) is 10.2. The van der Waals surface area contributed by atoms with E-state index in [9.17, 15) is 4.79 Å². The number of carboxylic acids is 1. The molecule has 1 aromatic heterocycles. The summed E-state index contributed by atoms with van der Waals surface area (Å²) in [6, 6.07) is 1.53. The zero-order valence-electron chi connectivity index (χ0n) is 7.54. The van der Waals surface area contributed by atoms with Gasteiger partial charge in [-0.15, -0.1) is 0 Å². The summed E-state index contributed by atoms with van der Waals surface area (Å²) in [4.78, 5) is 10.5. The predicted octanol–water partition coefficient (Wildman–Crippen LogP) is 1.48. The smallest absolute Gasteiger partial charge is 0.338 e. The van der Waals surface area contributed by atoms with Gasteiger partial charge in [0.15, 0.2) is 0 Å². The number of rotatable bonds is 5. The summed E-state index contributed by atoms with van der Waals surface area (Å²) in [6.45, 7) is 3.56. The van der Waals surface area contributed by atoms with Crippen LogP contribution in [-0.4, -0.2) is 17.6 Å². The molecule has 4 heteroatoms. The highest BCUT2D eigenvalue weighted by Crippen LogP contribution is 2.06. The van der Waals surface area contributed by atoms with E-state index in [1.54, 1.807) is 0 Å². The topological polar surface area (TPSA) is 62.5 Å². The average Bonchev–Trinajstić information content (AvgIpc) is 2.53. The van der Waals surface area contributed by atoms with Gasteiger partial charge in [-0.2, -0.15) is 0 Å². The Kier molecular flexibility index (Phi) is 3.52. The molecular formula is C9H13NO3. The molecule has 0 radical (unpaired) electrons. The number of furan rings is 1. The van der Waals surface area contributed by atoms with Gasteiger partial charge in [-0.25, -0.2) is 4.79 Å². The van der Waals surface area contributed by atoms with Gasteiger partial charge in [0, 0.05) is 0 Å². The van der Waals surface area contributed by atoms with Crippen molar-refractivity contribution >= 4 is 5.97 Å². The van der Waals surface area contributed by atoms with E-state index in [2.05, 4.69) is 12.2 Å². The minimum atomic E-state index is -0.953. The molecule has 0 aromatic carbocycles. The molecule has 0 saturated heterocycles. The lowest BCUT2D eigenvalue weighted by Crippen LogP contribution is -2.13. The maximum atomic E-state index is 10.5. The van der Waals surface area contributed by atoms with Gasteiger partial charge in [0.1, 0.15) is 12.0 Å². The molecule has 4 nitrogen and oxygen atoms in total. The maximum absolute atomic E-state index is 10.5. The van der Waals surface area contributed by atoms with Crippen LogP contribution in [0.25, 0.3) is 0 Å². The lowest BCUT2D eigenvalue weighted by atomic mass is 10.3. The SMILES string of the molecule is CCCNCc1cc(C(=O)O)co1. The van der Waals surface area contributed by atoms with E-state index >= 15 is 0 Å². The van der Waals surface area contributed by atoms with Crippen molar-refractivity contribution in [3.05, 3.63) is 23.7 Å². The highest BCUT2D eigenvalue weighted by Gasteiger charge is 2.06. The molecule has 0 unspecified atom stereocenters. The third-order valence-corrected chi connectivity index (χ3v) is 1.63. The van der Waals surface area contributed by atoms with Crippen molar-refractivity contribution in [1.82, 2.24) is 5.32 Å². The monoisotopic (exact) mass is 183 g/mol. The minimum Gasteiger partial charge on any atom is -0.478 e. The van der Waals surface area contributed by atoms with Crippen LogP contribution in [-0.2, 0) is 6.54 Å². The Morgan fingerprint density at radius 1 is 1.69 bits per heavy atom. The van der Waals surface area contributed by atoms with Gasteiger partial charge in [-0.05, 0) is 19.0 Å². The molecule has 0 aliphatic rings. The second kappa shape index (κ2) is 4.67. The fourth-order valence-electron chi connectivity index (χ4n) is 0.974. The van der Waals surface area contributed by atoms with Gasteiger partial charge < -0.3 is 14.8 Å². The number of hydrogen-bond donors (Lipinski definition) is 2. The number of hydrogen-bond acceptors (Lipinski definition) is 3. The van der Waals surface area contributed by atoms with Gasteiger partial charge >= 0.3 is 5.97 Å².